The molecule has 1 aromatic carbocycles. The van der Waals surface area contributed by atoms with Gasteiger partial charge in [-0.25, -0.2) is 0 Å². The van der Waals surface area contributed by atoms with Crippen LogP contribution in [-0.2, 0) is 0 Å². The first kappa shape index (κ1) is 11.3. The molecule has 2 aromatic heterocycles. The van der Waals surface area contributed by atoms with Crippen LogP contribution in [0.4, 0.5) is 5.69 Å². The summed E-state index contributed by atoms with van der Waals surface area (Å²) >= 11 is 7.31. The Bertz CT molecular complexity index is 706. The number of carbonyl (C=O) groups is 1. The lowest BCUT2D eigenvalue weighted by molar-refractivity contribution is 0.103. The predicted octanol–water partition coefficient (Wildman–Crippen LogP) is 3.80. The maximum atomic E-state index is 11.9. The molecule has 1 amide bonds. The van der Waals surface area contributed by atoms with Crippen molar-refractivity contribution in [2.24, 2.45) is 0 Å². The summed E-state index contributed by atoms with van der Waals surface area (Å²) in [6.45, 7) is 0. The van der Waals surface area contributed by atoms with Crippen molar-refractivity contribution in [2.45, 2.75) is 0 Å². The van der Waals surface area contributed by atoms with Gasteiger partial charge in [-0.2, -0.15) is 0 Å². The molecule has 0 saturated heterocycles. The SMILES string of the molecule is O=C(Nc1ccc(Cl)c2ccoc12)c1cncs1. The van der Waals surface area contributed by atoms with Crippen molar-refractivity contribution in [3.8, 4) is 0 Å². The molecule has 0 atom stereocenters. The number of amides is 1. The zero-order valence-corrected chi connectivity index (χ0v) is 10.6. The molecule has 3 rings (SSSR count). The van der Waals surface area contributed by atoms with Gasteiger partial charge in [0.1, 0.15) is 4.88 Å². The van der Waals surface area contributed by atoms with Crippen molar-refractivity contribution in [3.63, 3.8) is 0 Å². The lowest BCUT2D eigenvalue weighted by Gasteiger charge is -2.04. The minimum absolute atomic E-state index is 0.211. The number of benzene rings is 1. The summed E-state index contributed by atoms with van der Waals surface area (Å²) in [6, 6.07) is 5.20. The van der Waals surface area contributed by atoms with Crippen molar-refractivity contribution < 1.29 is 9.21 Å². The second-order valence-electron chi connectivity index (χ2n) is 3.58. The number of furan rings is 1. The summed E-state index contributed by atoms with van der Waals surface area (Å²) in [4.78, 5) is 16.3. The second-order valence-corrected chi connectivity index (χ2v) is 4.87. The van der Waals surface area contributed by atoms with Crippen LogP contribution in [0.25, 0.3) is 11.0 Å². The summed E-state index contributed by atoms with van der Waals surface area (Å²) in [7, 11) is 0. The summed E-state index contributed by atoms with van der Waals surface area (Å²) < 4.78 is 5.34. The van der Waals surface area contributed by atoms with E-state index in [9.17, 15) is 4.79 Å². The number of thiazole rings is 1. The molecule has 0 aliphatic rings. The quantitative estimate of drug-likeness (QED) is 0.776. The fourth-order valence-corrected chi connectivity index (χ4v) is 2.37. The third-order valence-corrected chi connectivity index (χ3v) is 3.57. The molecule has 90 valence electrons. The van der Waals surface area contributed by atoms with E-state index in [-0.39, 0.29) is 5.91 Å². The van der Waals surface area contributed by atoms with Gasteiger partial charge in [-0.3, -0.25) is 9.78 Å². The summed E-state index contributed by atoms with van der Waals surface area (Å²) in [6.07, 6.45) is 3.06. The number of halogens is 1. The maximum Gasteiger partial charge on any atom is 0.267 e. The van der Waals surface area contributed by atoms with Gasteiger partial charge in [0.15, 0.2) is 5.58 Å². The number of rotatable bonds is 2. The Morgan fingerprint density at radius 1 is 1.39 bits per heavy atom. The minimum Gasteiger partial charge on any atom is -0.462 e. The van der Waals surface area contributed by atoms with E-state index >= 15 is 0 Å². The standard InChI is InChI=1S/C12H7ClN2O2S/c13-8-1-2-9(11-7(8)3-4-17-11)15-12(16)10-5-14-6-18-10/h1-6H,(H,15,16). The summed E-state index contributed by atoms with van der Waals surface area (Å²) in [5, 5.41) is 4.15. The van der Waals surface area contributed by atoms with Crippen molar-refractivity contribution >= 4 is 45.5 Å². The zero-order valence-electron chi connectivity index (χ0n) is 9.01. The monoisotopic (exact) mass is 278 g/mol. The number of nitrogens with one attached hydrogen (secondary N) is 1. The van der Waals surface area contributed by atoms with E-state index in [0.29, 0.717) is 21.2 Å². The molecule has 0 fully saturated rings. The Kier molecular flexibility index (Phi) is 2.77. The van der Waals surface area contributed by atoms with Crippen molar-refractivity contribution in [1.82, 2.24) is 4.98 Å². The number of anilines is 1. The van der Waals surface area contributed by atoms with Crippen LogP contribution in [0, 0.1) is 0 Å². The van der Waals surface area contributed by atoms with Gasteiger partial charge >= 0.3 is 0 Å². The average molecular weight is 279 g/mol. The fraction of sp³-hybridized carbons (Fsp3) is 0. The van der Waals surface area contributed by atoms with Gasteiger partial charge in [0, 0.05) is 5.39 Å². The lowest BCUT2D eigenvalue weighted by atomic mass is 10.2. The molecule has 0 saturated carbocycles. The van der Waals surface area contributed by atoms with Crippen LogP contribution in [0.15, 0.2) is 40.6 Å². The number of nitrogens with zero attached hydrogens (tertiary/aromatic N) is 1. The predicted molar refractivity (Wildman–Crippen MR) is 71.3 cm³/mol. The third-order valence-electron chi connectivity index (χ3n) is 2.47. The van der Waals surface area contributed by atoms with Crippen LogP contribution in [0.3, 0.4) is 0 Å². The lowest BCUT2D eigenvalue weighted by Crippen LogP contribution is -2.10. The van der Waals surface area contributed by atoms with Crippen molar-refractivity contribution in [1.29, 1.82) is 0 Å². The zero-order chi connectivity index (χ0) is 12.5. The van der Waals surface area contributed by atoms with Crippen LogP contribution in [0.2, 0.25) is 5.02 Å². The molecule has 1 N–H and O–H groups in total. The highest BCUT2D eigenvalue weighted by molar-refractivity contribution is 7.11. The Balaban J connectivity index is 1.98. The highest BCUT2D eigenvalue weighted by Crippen LogP contribution is 2.31. The molecular weight excluding hydrogens is 272 g/mol. The van der Waals surface area contributed by atoms with Crippen LogP contribution >= 0.6 is 22.9 Å². The first-order valence-electron chi connectivity index (χ1n) is 5.11. The molecule has 0 bridgehead atoms. The van der Waals surface area contributed by atoms with Crippen molar-refractivity contribution in [3.05, 3.63) is 46.1 Å². The van der Waals surface area contributed by atoms with Gasteiger partial charge in [-0.15, -0.1) is 11.3 Å². The van der Waals surface area contributed by atoms with Gasteiger partial charge < -0.3 is 9.73 Å². The molecule has 2 heterocycles. The normalized spacial score (nSPS) is 10.7. The molecule has 0 spiro atoms. The Labute approximate surface area is 111 Å². The summed E-state index contributed by atoms with van der Waals surface area (Å²) in [5.74, 6) is -0.211. The Morgan fingerprint density at radius 3 is 3.06 bits per heavy atom. The molecule has 0 unspecified atom stereocenters. The molecule has 18 heavy (non-hydrogen) atoms. The average Bonchev–Trinajstić information content (AvgIpc) is 3.01. The van der Waals surface area contributed by atoms with E-state index in [2.05, 4.69) is 10.3 Å². The smallest absolute Gasteiger partial charge is 0.267 e. The second kappa shape index (κ2) is 4.44. The van der Waals surface area contributed by atoms with E-state index in [1.165, 1.54) is 17.5 Å². The number of aromatic nitrogens is 1. The molecule has 4 nitrogen and oxygen atoms in total. The van der Waals surface area contributed by atoms with E-state index < -0.39 is 0 Å². The molecule has 0 aliphatic carbocycles. The molecular formula is C12H7ClN2O2S. The van der Waals surface area contributed by atoms with Gasteiger partial charge in [0.25, 0.3) is 5.91 Å². The van der Waals surface area contributed by atoms with Crippen LogP contribution in [0.5, 0.6) is 0 Å². The molecule has 0 radical (unpaired) electrons. The van der Waals surface area contributed by atoms with Gasteiger partial charge in [-0.05, 0) is 18.2 Å². The van der Waals surface area contributed by atoms with Crippen LogP contribution in [0.1, 0.15) is 9.67 Å². The number of fused-ring (bicyclic) bond motifs is 1. The number of hydrogen-bond acceptors (Lipinski definition) is 4. The van der Waals surface area contributed by atoms with Crippen LogP contribution in [-0.4, -0.2) is 10.9 Å². The molecule has 0 aliphatic heterocycles. The van der Waals surface area contributed by atoms with Crippen molar-refractivity contribution in [2.75, 3.05) is 5.32 Å². The van der Waals surface area contributed by atoms with E-state index in [4.69, 9.17) is 16.0 Å². The highest BCUT2D eigenvalue weighted by Gasteiger charge is 2.12. The van der Waals surface area contributed by atoms with Gasteiger partial charge in [0.05, 0.1) is 28.7 Å². The maximum absolute atomic E-state index is 11.9. The largest absolute Gasteiger partial charge is 0.462 e. The Morgan fingerprint density at radius 2 is 2.28 bits per heavy atom. The topological polar surface area (TPSA) is 55.1 Å². The fourth-order valence-electron chi connectivity index (χ4n) is 1.64. The van der Waals surface area contributed by atoms with Gasteiger partial charge in [-0.1, -0.05) is 11.6 Å². The Hall–Kier alpha value is -1.85. The molecule has 3 aromatic rings. The van der Waals surface area contributed by atoms with Gasteiger partial charge in [0.2, 0.25) is 0 Å². The minimum atomic E-state index is -0.211. The first-order chi connectivity index (χ1) is 8.75. The first-order valence-corrected chi connectivity index (χ1v) is 6.37. The molecule has 6 heteroatoms. The number of carbonyl (C=O) groups excluding carboxylic acids is 1. The van der Waals surface area contributed by atoms with E-state index in [0.717, 1.165) is 5.39 Å². The highest BCUT2D eigenvalue weighted by atomic mass is 35.5. The number of hydrogen-bond donors (Lipinski definition) is 1. The summed E-state index contributed by atoms with van der Waals surface area (Å²) in [5.41, 5.74) is 2.78. The van der Waals surface area contributed by atoms with E-state index in [1.54, 1.807) is 30.0 Å². The third kappa shape index (κ3) is 1.87. The van der Waals surface area contributed by atoms with Crippen LogP contribution < -0.4 is 5.32 Å². The van der Waals surface area contributed by atoms with E-state index in [1.807, 2.05) is 0 Å².